The Morgan fingerprint density at radius 1 is 1.15 bits per heavy atom. The maximum absolute atomic E-state index is 12.1. The fourth-order valence-electron chi connectivity index (χ4n) is 4.80. The average Bonchev–Trinajstić information content (AvgIpc) is 3.34. The number of carbonyl (C=O) groups excluding carboxylic acids is 1. The molecule has 0 saturated carbocycles. The maximum Gasteiger partial charge on any atom is 0.350 e. The van der Waals surface area contributed by atoms with E-state index in [2.05, 4.69) is 10.0 Å². The van der Waals surface area contributed by atoms with Gasteiger partial charge in [0.25, 0.3) is 0 Å². The zero-order chi connectivity index (χ0) is 29.0. The number of hydrogen-bond donors (Lipinski definition) is 2. The Labute approximate surface area is 248 Å². The number of halogens is 2. The van der Waals surface area contributed by atoms with Crippen LogP contribution in [-0.4, -0.2) is 73.0 Å². The van der Waals surface area contributed by atoms with Crippen molar-refractivity contribution in [3.8, 4) is 11.5 Å². The van der Waals surface area contributed by atoms with Crippen molar-refractivity contribution in [2.45, 2.75) is 18.8 Å². The van der Waals surface area contributed by atoms with Crippen molar-refractivity contribution >= 4 is 41.1 Å². The highest BCUT2D eigenvalue weighted by atomic mass is 35.5. The van der Waals surface area contributed by atoms with Crippen LogP contribution in [0.3, 0.4) is 0 Å². The molecule has 3 N–H and O–H groups in total. The summed E-state index contributed by atoms with van der Waals surface area (Å²) in [6, 6.07) is 19.0. The van der Waals surface area contributed by atoms with E-state index in [1.165, 1.54) is 11.3 Å². The molecule has 0 aliphatic carbocycles. The van der Waals surface area contributed by atoms with E-state index >= 15 is 0 Å². The van der Waals surface area contributed by atoms with E-state index in [9.17, 15) is 9.90 Å². The summed E-state index contributed by atoms with van der Waals surface area (Å²) in [5.74, 6) is -0.134. The number of hydrogen-bond acceptors (Lipinski definition) is 8. The van der Waals surface area contributed by atoms with E-state index in [1.807, 2.05) is 37.3 Å². The van der Waals surface area contributed by atoms with Crippen LogP contribution >= 0.6 is 23.2 Å². The Morgan fingerprint density at radius 2 is 1.90 bits per heavy atom. The van der Waals surface area contributed by atoms with Gasteiger partial charge in [0, 0.05) is 42.5 Å². The lowest BCUT2D eigenvalue weighted by molar-refractivity contribution is -0.164. The molecule has 0 spiro atoms. The number of anilines is 1. The number of hydrazine groups is 1. The van der Waals surface area contributed by atoms with Gasteiger partial charge in [-0.3, -0.25) is 0 Å². The molecule has 2 saturated heterocycles. The standard InChI is InChI=1S/C29H31Cl2N5O5/c1-29(26-10-5-21(30)16-27(26)31)40-19-25(41-29)18-39-24-8-6-22(7-9-24)34-11-13-35(14-12-34)36(28(32)38)33-17-20-3-2-4-23(37)15-20/h2-10,15-17,25,37H,11-14,18-19H2,1H3,(H2,32,38)/b33-17-/t25-,29-/m1/s1. The summed E-state index contributed by atoms with van der Waals surface area (Å²) in [5, 5.41) is 17.9. The molecule has 2 aliphatic rings. The Hall–Kier alpha value is -3.54. The van der Waals surface area contributed by atoms with E-state index in [-0.39, 0.29) is 11.9 Å². The fraction of sp³-hybridized carbons (Fsp3) is 0.310. The second-order valence-corrected chi connectivity index (χ2v) is 10.7. The van der Waals surface area contributed by atoms with Gasteiger partial charge in [-0.15, -0.1) is 5.12 Å². The number of hydrazone groups is 1. The van der Waals surface area contributed by atoms with Crippen molar-refractivity contribution in [1.82, 2.24) is 10.1 Å². The predicted octanol–water partition coefficient (Wildman–Crippen LogP) is 4.82. The zero-order valence-electron chi connectivity index (χ0n) is 22.5. The van der Waals surface area contributed by atoms with Crippen LogP contribution in [0.1, 0.15) is 18.1 Å². The van der Waals surface area contributed by atoms with Crippen LogP contribution in [-0.2, 0) is 15.3 Å². The molecule has 2 aliphatic heterocycles. The molecule has 5 rings (SSSR count). The van der Waals surface area contributed by atoms with E-state index in [0.717, 1.165) is 17.0 Å². The van der Waals surface area contributed by atoms with Crippen LogP contribution in [0.4, 0.5) is 10.5 Å². The van der Waals surface area contributed by atoms with Crippen LogP contribution in [0.25, 0.3) is 0 Å². The molecule has 2 atom stereocenters. The van der Waals surface area contributed by atoms with Gasteiger partial charge >= 0.3 is 6.03 Å². The van der Waals surface area contributed by atoms with Crippen molar-refractivity contribution in [3.05, 3.63) is 87.9 Å². The first-order valence-electron chi connectivity index (χ1n) is 13.1. The molecular formula is C29H31Cl2N5O5. The number of rotatable bonds is 8. The maximum atomic E-state index is 12.1. The van der Waals surface area contributed by atoms with Crippen molar-refractivity contribution in [1.29, 1.82) is 0 Å². The number of phenols is 1. The van der Waals surface area contributed by atoms with Gasteiger partial charge in [-0.25, -0.2) is 4.79 Å². The van der Waals surface area contributed by atoms with Crippen molar-refractivity contribution < 1.29 is 24.1 Å². The summed E-state index contributed by atoms with van der Waals surface area (Å²) in [5.41, 5.74) is 8.00. The van der Waals surface area contributed by atoms with Gasteiger partial charge in [0.05, 0.1) is 17.8 Å². The molecule has 2 amide bonds. The number of urea groups is 1. The lowest BCUT2D eigenvalue weighted by atomic mass is 10.1. The Kier molecular flexibility index (Phi) is 8.86. The quantitative estimate of drug-likeness (QED) is 0.282. The van der Waals surface area contributed by atoms with Gasteiger partial charge in [-0.2, -0.15) is 10.1 Å². The topological polar surface area (TPSA) is 113 Å². The molecule has 0 unspecified atom stereocenters. The molecular weight excluding hydrogens is 569 g/mol. The van der Waals surface area contributed by atoms with Gasteiger partial charge in [-0.05, 0) is 61.0 Å². The fourth-order valence-corrected chi connectivity index (χ4v) is 5.38. The first-order chi connectivity index (χ1) is 19.7. The summed E-state index contributed by atoms with van der Waals surface area (Å²) in [6.07, 6.45) is 1.23. The van der Waals surface area contributed by atoms with Crippen LogP contribution in [0, 0.1) is 0 Å². The molecule has 0 aromatic heterocycles. The van der Waals surface area contributed by atoms with Crippen molar-refractivity contribution in [2.24, 2.45) is 10.8 Å². The highest BCUT2D eigenvalue weighted by molar-refractivity contribution is 6.35. The first kappa shape index (κ1) is 29.0. The molecule has 3 aromatic carbocycles. The van der Waals surface area contributed by atoms with Gasteiger partial charge in [0.1, 0.15) is 24.2 Å². The minimum absolute atomic E-state index is 0.119. The molecule has 41 heavy (non-hydrogen) atoms. The second-order valence-electron chi connectivity index (χ2n) is 9.83. The summed E-state index contributed by atoms with van der Waals surface area (Å²) in [7, 11) is 0. The third kappa shape index (κ3) is 7.03. The molecule has 0 radical (unpaired) electrons. The lowest BCUT2D eigenvalue weighted by Gasteiger charge is -2.38. The van der Waals surface area contributed by atoms with E-state index in [4.69, 9.17) is 43.1 Å². The third-order valence-corrected chi connectivity index (χ3v) is 7.45. The Balaban J connectivity index is 1.11. The highest BCUT2D eigenvalue weighted by Gasteiger charge is 2.40. The first-order valence-corrected chi connectivity index (χ1v) is 13.9. The van der Waals surface area contributed by atoms with Crippen LogP contribution in [0.15, 0.2) is 71.8 Å². The second kappa shape index (κ2) is 12.5. The third-order valence-electron chi connectivity index (χ3n) is 6.90. The summed E-state index contributed by atoms with van der Waals surface area (Å²) in [4.78, 5) is 14.3. The van der Waals surface area contributed by atoms with Gasteiger partial charge in [-0.1, -0.05) is 41.4 Å². The number of nitrogens with zero attached hydrogens (tertiary/aromatic N) is 4. The van der Waals surface area contributed by atoms with Crippen LogP contribution < -0.4 is 15.4 Å². The lowest BCUT2D eigenvalue weighted by Crippen LogP contribution is -2.55. The number of primary amides is 1. The molecule has 2 fully saturated rings. The summed E-state index contributed by atoms with van der Waals surface area (Å²) >= 11 is 12.4. The predicted molar refractivity (Wildman–Crippen MR) is 157 cm³/mol. The van der Waals surface area contributed by atoms with Gasteiger partial charge < -0.3 is 30.0 Å². The minimum Gasteiger partial charge on any atom is -0.508 e. The Morgan fingerprint density at radius 3 is 2.59 bits per heavy atom. The summed E-state index contributed by atoms with van der Waals surface area (Å²) in [6.45, 7) is 4.97. The molecule has 0 bridgehead atoms. The molecule has 216 valence electrons. The monoisotopic (exact) mass is 599 g/mol. The number of nitrogens with two attached hydrogens (primary N) is 1. The van der Waals surface area contributed by atoms with E-state index < -0.39 is 11.8 Å². The molecule has 12 heteroatoms. The minimum atomic E-state index is -0.971. The SMILES string of the molecule is C[C@@]1(c2ccc(Cl)cc2Cl)OC[C@@H](COc2ccc(N3CCN(N(/N=C\c4cccc(O)c4)C(N)=O)CC3)cc2)O1. The average molecular weight is 601 g/mol. The molecule has 10 nitrogen and oxygen atoms in total. The number of carbonyl (C=O) groups is 1. The van der Waals surface area contributed by atoms with Crippen LogP contribution in [0.2, 0.25) is 10.0 Å². The molecule has 3 aromatic rings. The smallest absolute Gasteiger partial charge is 0.350 e. The van der Waals surface area contributed by atoms with Crippen molar-refractivity contribution in [2.75, 3.05) is 44.3 Å². The number of ether oxygens (including phenoxy) is 3. The number of amides is 2. The zero-order valence-corrected chi connectivity index (χ0v) is 24.0. The number of piperazine rings is 1. The highest BCUT2D eigenvalue weighted by Crippen LogP contribution is 2.38. The van der Waals surface area contributed by atoms with Gasteiger partial charge in [0.2, 0.25) is 0 Å². The van der Waals surface area contributed by atoms with Gasteiger partial charge in [0.15, 0.2) is 5.79 Å². The van der Waals surface area contributed by atoms with Crippen molar-refractivity contribution in [3.63, 3.8) is 0 Å². The van der Waals surface area contributed by atoms with Crippen LogP contribution in [0.5, 0.6) is 11.5 Å². The summed E-state index contributed by atoms with van der Waals surface area (Å²) < 4.78 is 18.1. The number of aromatic hydroxyl groups is 1. The number of phenolic OH excluding ortho intramolecular Hbond substituents is 1. The van der Waals surface area contributed by atoms with E-state index in [1.54, 1.807) is 41.4 Å². The molecule has 2 heterocycles. The number of benzene rings is 3. The Bertz CT molecular complexity index is 1400. The normalized spacial score (nSPS) is 21.3. The van der Waals surface area contributed by atoms with E-state index in [0.29, 0.717) is 55.0 Å². The largest absolute Gasteiger partial charge is 0.508 e.